The number of allylic oxidation sites excluding steroid dienone is 1. The van der Waals surface area contributed by atoms with E-state index in [9.17, 15) is 9.59 Å². The topological polar surface area (TPSA) is 101 Å². The van der Waals surface area contributed by atoms with E-state index in [2.05, 4.69) is 25.9 Å². The molecule has 1 unspecified atom stereocenters. The van der Waals surface area contributed by atoms with Crippen LogP contribution in [0.5, 0.6) is 0 Å². The molecule has 0 aromatic carbocycles. The second-order valence-electron chi connectivity index (χ2n) is 8.81. The predicted molar refractivity (Wildman–Crippen MR) is 104 cm³/mol. The van der Waals surface area contributed by atoms with E-state index < -0.39 is 5.66 Å². The van der Waals surface area contributed by atoms with Crippen molar-refractivity contribution in [2.75, 3.05) is 10.6 Å². The molecule has 142 valence electrons. The molecular weight excluding hydrogens is 356 g/mol. The first kappa shape index (κ1) is 15.9. The molecule has 1 atom stereocenters. The standard InChI is InChI=1S/C20H20N6O2/c1-19(2)25-16-10-6-20(7-10)8-11(20)17(27)24-15-5-14(21-9-22-15)23-12-3-4-13(16)26(19)18(12)28/h3-5,9,11,25H,6-8H2,1-2H3,(H2,21,22,23,24,27). The molecule has 0 radical (unpaired) electrons. The monoisotopic (exact) mass is 376 g/mol. The normalized spacial score (nSPS) is 28.2. The lowest BCUT2D eigenvalue weighted by molar-refractivity contribution is -0.118. The summed E-state index contributed by atoms with van der Waals surface area (Å²) in [5.41, 5.74) is 3.12. The first-order valence-electron chi connectivity index (χ1n) is 9.53. The van der Waals surface area contributed by atoms with Crippen LogP contribution in [0.15, 0.2) is 34.9 Å². The molecule has 4 aliphatic heterocycles. The Morgan fingerprint density at radius 3 is 2.64 bits per heavy atom. The molecule has 8 heteroatoms. The Morgan fingerprint density at radius 2 is 1.86 bits per heavy atom. The molecule has 2 saturated carbocycles. The Labute approximate surface area is 161 Å². The fourth-order valence-electron chi connectivity index (χ4n) is 5.01. The number of carbonyl (C=O) groups is 1. The summed E-state index contributed by atoms with van der Waals surface area (Å²) in [6, 6.07) is 5.43. The zero-order chi connectivity index (χ0) is 19.3. The van der Waals surface area contributed by atoms with Crippen molar-refractivity contribution in [2.24, 2.45) is 11.3 Å². The summed E-state index contributed by atoms with van der Waals surface area (Å²) in [5.74, 6) is 0.949. The van der Waals surface area contributed by atoms with Crippen molar-refractivity contribution in [1.82, 2.24) is 19.9 Å². The molecular formula is C20H20N6O2. The molecule has 6 aliphatic rings. The number of amides is 1. The van der Waals surface area contributed by atoms with Gasteiger partial charge in [0.25, 0.3) is 5.56 Å². The van der Waals surface area contributed by atoms with Crippen LogP contribution in [0.2, 0.25) is 0 Å². The van der Waals surface area contributed by atoms with Crippen LogP contribution in [0.3, 0.4) is 0 Å². The van der Waals surface area contributed by atoms with Gasteiger partial charge in [0.2, 0.25) is 5.91 Å². The minimum atomic E-state index is -0.524. The summed E-state index contributed by atoms with van der Waals surface area (Å²) in [6.45, 7) is 4.01. The van der Waals surface area contributed by atoms with Gasteiger partial charge in [0, 0.05) is 12.0 Å². The second kappa shape index (κ2) is 4.81. The zero-order valence-corrected chi connectivity index (χ0v) is 15.7. The van der Waals surface area contributed by atoms with Crippen molar-refractivity contribution >= 4 is 28.9 Å². The molecule has 28 heavy (non-hydrogen) atoms. The minimum absolute atomic E-state index is 0.0161. The highest BCUT2D eigenvalue weighted by molar-refractivity contribution is 5.95. The van der Waals surface area contributed by atoms with E-state index in [1.165, 1.54) is 11.9 Å². The number of carbonyl (C=O) groups excluding carboxylic acids is 1. The maximum absolute atomic E-state index is 13.2. The summed E-state index contributed by atoms with van der Waals surface area (Å²) in [6.07, 6.45) is 4.08. The highest BCUT2D eigenvalue weighted by atomic mass is 16.2. The second-order valence-corrected chi connectivity index (χ2v) is 8.81. The van der Waals surface area contributed by atoms with Crippen molar-refractivity contribution in [3.63, 3.8) is 0 Å². The Kier molecular flexibility index (Phi) is 2.72. The zero-order valence-electron chi connectivity index (χ0n) is 15.7. The highest BCUT2D eigenvalue weighted by Gasteiger charge is 2.63. The quantitative estimate of drug-likeness (QED) is 0.651. The summed E-state index contributed by atoms with van der Waals surface area (Å²) in [5, 5.41) is 9.53. The molecule has 2 aromatic heterocycles. The van der Waals surface area contributed by atoms with Crippen LogP contribution in [-0.2, 0) is 10.5 Å². The van der Waals surface area contributed by atoms with Crippen LogP contribution in [0, 0.1) is 11.3 Å². The minimum Gasteiger partial charge on any atom is -0.361 e. The number of anilines is 3. The number of nitrogens with one attached hydrogen (secondary N) is 3. The van der Waals surface area contributed by atoms with Gasteiger partial charge in [-0.15, -0.1) is 0 Å². The van der Waals surface area contributed by atoms with Gasteiger partial charge in [0.05, 0.1) is 11.4 Å². The van der Waals surface area contributed by atoms with E-state index in [1.54, 1.807) is 16.7 Å². The van der Waals surface area contributed by atoms with Gasteiger partial charge in [0.1, 0.15) is 29.3 Å². The maximum atomic E-state index is 13.2. The molecule has 1 amide bonds. The average Bonchev–Trinajstić information content (AvgIpc) is 3.30. The molecule has 3 N–H and O–H groups in total. The summed E-state index contributed by atoms with van der Waals surface area (Å²) in [7, 11) is 0. The van der Waals surface area contributed by atoms with Gasteiger partial charge in [-0.25, -0.2) is 9.97 Å². The predicted octanol–water partition coefficient (Wildman–Crippen LogP) is 2.14. The fourth-order valence-corrected chi connectivity index (χ4v) is 5.01. The lowest BCUT2D eigenvalue weighted by Gasteiger charge is -2.33. The number of aromatic nitrogens is 3. The van der Waals surface area contributed by atoms with Gasteiger partial charge < -0.3 is 16.0 Å². The fraction of sp³-hybridized carbons (Fsp3) is 0.400. The molecule has 2 aliphatic carbocycles. The summed E-state index contributed by atoms with van der Waals surface area (Å²) < 4.78 is 1.80. The van der Waals surface area contributed by atoms with Crippen molar-refractivity contribution in [2.45, 2.75) is 38.8 Å². The smallest absolute Gasteiger partial charge is 0.276 e. The van der Waals surface area contributed by atoms with Gasteiger partial charge in [-0.05, 0) is 56.2 Å². The van der Waals surface area contributed by atoms with E-state index in [1.807, 2.05) is 19.9 Å². The molecule has 8 bridgehead atoms. The van der Waals surface area contributed by atoms with Gasteiger partial charge >= 0.3 is 0 Å². The lowest BCUT2D eigenvalue weighted by atomic mass is 9.73. The molecule has 8 rings (SSSR count). The SMILES string of the molecule is CC1(C)NC2=C3CC4(C3)CC4C(=O)Nc3cc(ncn3)Nc3ccc2n1c3=O. The first-order valence-corrected chi connectivity index (χ1v) is 9.53. The van der Waals surface area contributed by atoms with Gasteiger partial charge in [-0.1, -0.05) is 0 Å². The van der Waals surface area contributed by atoms with Crippen molar-refractivity contribution in [3.8, 4) is 0 Å². The largest absolute Gasteiger partial charge is 0.361 e. The maximum Gasteiger partial charge on any atom is 0.276 e. The van der Waals surface area contributed by atoms with Crippen molar-refractivity contribution in [1.29, 1.82) is 0 Å². The van der Waals surface area contributed by atoms with Crippen LogP contribution in [-0.4, -0.2) is 20.4 Å². The summed E-state index contributed by atoms with van der Waals surface area (Å²) >= 11 is 0. The van der Waals surface area contributed by atoms with Crippen LogP contribution < -0.4 is 21.5 Å². The van der Waals surface area contributed by atoms with Crippen LogP contribution >= 0.6 is 0 Å². The Hall–Kier alpha value is -3.16. The number of rotatable bonds is 0. The molecule has 2 aromatic rings. The number of pyridine rings is 1. The van der Waals surface area contributed by atoms with Crippen LogP contribution in [0.4, 0.5) is 17.3 Å². The third-order valence-corrected chi connectivity index (χ3v) is 6.50. The Bertz CT molecular complexity index is 1150. The Balaban J connectivity index is 1.55. The first-order chi connectivity index (χ1) is 13.4. The van der Waals surface area contributed by atoms with E-state index in [0.717, 1.165) is 30.7 Å². The van der Waals surface area contributed by atoms with Crippen LogP contribution in [0.25, 0.3) is 5.70 Å². The van der Waals surface area contributed by atoms with E-state index in [-0.39, 0.29) is 22.8 Å². The Morgan fingerprint density at radius 1 is 1.11 bits per heavy atom. The molecule has 0 saturated heterocycles. The molecule has 2 fully saturated rings. The molecule has 1 spiro atoms. The number of hydrogen-bond donors (Lipinski definition) is 3. The van der Waals surface area contributed by atoms with E-state index in [0.29, 0.717) is 17.3 Å². The highest BCUT2D eigenvalue weighted by Crippen LogP contribution is 2.68. The van der Waals surface area contributed by atoms with E-state index in [4.69, 9.17) is 0 Å². The van der Waals surface area contributed by atoms with Gasteiger partial charge in [-0.3, -0.25) is 14.2 Å². The van der Waals surface area contributed by atoms with Crippen molar-refractivity contribution in [3.05, 3.63) is 46.1 Å². The third-order valence-electron chi connectivity index (χ3n) is 6.50. The number of hydrogen-bond acceptors (Lipinski definition) is 6. The van der Waals surface area contributed by atoms with Gasteiger partial charge in [-0.2, -0.15) is 0 Å². The number of nitrogens with zero attached hydrogens (tertiary/aromatic N) is 3. The lowest BCUT2D eigenvalue weighted by Crippen LogP contribution is -2.41. The van der Waals surface area contributed by atoms with Crippen LogP contribution in [0.1, 0.15) is 38.8 Å². The molecule has 8 nitrogen and oxygen atoms in total. The van der Waals surface area contributed by atoms with Gasteiger partial charge in [0.15, 0.2) is 0 Å². The third kappa shape index (κ3) is 2.00. The summed E-state index contributed by atoms with van der Waals surface area (Å²) in [4.78, 5) is 34.2. The van der Waals surface area contributed by atoms with E-state index >= 15 is 0 Å². The average molecular weight is 376 g/mol. The molecule has 6 heterocycles. The van der Waals surface area contributed by atoms with Crippen molar-refractivity contribution < 1.29 is 4.79 Å².